The Bertz CT molecular complexity index is 184. The lowest BCUT2D eigenvalue weighted by Crippen LogP contribution is -2.47. The molecule has 0 spiro atoms. The third-order valence-electron chi connectivity index (χ3n) is 2.60. The molecule has 0 saturated carbocycles. The Labute approximate surface area is 75.2 Å². The third-order valence-corrected chi connectivity index (χ3v) is 2.60. The van der Waals surface area contributed by atoms with Crippen LogP contribution in [0.15, 0.2) is 12.3 Å². The van der Waals surface area contributed by atoms with Crippen molar-refractivity contribution in [1.29, 1.82) is 0 Å². The summed E-state index contributed by atoms with van der Waals surface area (Å²) in [6.45, 7) is 8.64. The molecule has 0 aromatic heterocycles. The van der Waals surface area contributed by atoms with Crippen LogP contribution < -0.4 is 0 Å². The van der Waals surface area contributed by atoms with Crippen LogP contribution in [0, 0.1) is 0 Å². The maximum Gasteiger partial charge on any atom is 0.122 e. The number of likely N-dealkylation sites (N-methyl/N-ethyl adjacent to an activating group) is 1. The first-order valence-electron chi connectivity index (χ1n) is 4.51. The Kier molecular flexibility index (Phi) is 2.47. The van der Waals surface area contributed by atoms with E-state index in [1.54, 1.807) is 0 Å². The molecule has 0 saturated heterocycles. The highest BCUT2D eigenvalue weighted by molar-refractivity contribution is 5.07. The minimum atomic E-state index is -0.0704. The van der Waals surface area contributed by atoms with Crippen molar-refractivity contribution in [2.75, 3.05) is 7.05 Å². The molecular formula is C10H19NO. The van der Waals surface area contributed by atoms with Crippen molar-refractivity contribution in [2.45, 2.75) is 45.4 Å². The van der Waals surface area contributed by atoms with Crippen molar-refractivity contribution in [3.8, 4) is 0 Å². The molecule has 0 fully saturated rings. The molecular weight excluding hydrogens is 150 g/mol. The first-order chi connectivity index (χ1) is 5.45. The van der Waals surface area contributed by atoms with Crippen LogP contribution in [0.1, 0.15) is 27.7 Å². The number of hydrogen-bond acceptors (Lipinski definition) is 2. The van der Waals surface area contributed by atoms with Gasteiger partial charge in [-0.1, -0.05) is 0 Å². The molecule has 0 amide bonds. The van der Waals surface area contributed by atoms with Gasteiger partial charge in [-0.2, -0.15) is 0 Å². The zero-order chi connectivity index (χ0) is 9.35. The van der Waals surface area contributed by atoms with Crippen LogP contribution in [0.3, 0.4) is 0 Å². The quantitative estimate of drug-likeness (QED) is 0.627. The second-order valence-corrected chi connectivity index (χ2v) is 4.25. The van der Waals surface area contributed by atoms with Gasteiger partial charge in [-0.3, -0.25) is 4.90 Å². The van der Waals surface area contributed by atoms with Gasteiger partial charge in [0.25, 0.3) is 0 Å². The van der Waals surface area contributed by atoms with Crippen molar-refractivity contribution in [1.82, 2.24) is 4.90 Å². The highest BCUT2D eigenvalue weighted by Crippen LogP contribution is 2.27. The number of ether oxygens (including phenoxy) is 1. The van der Waals surface area contributed by atoms with Crippen LogP contribution in [-0.4, -0.2) is 29.6 Å². The second-order valence-electron chi connectivity index (χ2n) is 4.25. The first kappa shape index (κ1) is 9.59. The Balaban J connectivity index is 2.68. The summed E-state index contributed by atoms with van der Waals surface area (Å²) in [5.41, 5.74) is -0.0704. The van der Waals surface area contributed by atoms with Crippen LogP contribution in [0.25, 0.3) is 0 Å². The zero-order valence-corrected chi connectivity index (χ0v) is 8.66. The summed E-state index contributed by atoms with van der Waals surface area (Å²) in [7, 11) is 2.14. The van der Waals surface area contributed by atoms with Gasteiger partial charge in [0.15, 0.2) is 0 Å². The lowest BCUT2D eigenvalue weighted by atomic mass is 9.98. The minimum Gasteiger partial charge on any atom is -0.494 e. The molecule has 1 unspecified atom stereocenters. The van der Waals surface area contributed by atoms with Crippen molar-refractivity contribution < 1.29 is 4.74 Å². The zero-order valence-electron chi connectivity index (χ0n) is 8.66. The summed E-state index contributed by atoms with van der Waals surface area (Å²) in [6, 6.07) is 0.957. The molecule has 0 radical (unpaired) electrons. The molecule has 0 aliphatic carbocycles. The van der Waals surface area contributed by atoms with Crippen molar-refractivity contribution in [3.63, 3.8) is 0 Å². The van der Waals surface area contributed by atoms with E-state index in [1.165, 1.54) is 0 Å². The minimum absolute atomic E-state index is 0.0704. The normalized spacial score (nSPS) is 26.8. The standard InChI is InChI=1S/C10H19NO/c1-8(2)11(5)9-6-7-12-10(9,3)4/h6-9H,1-5H3. The van der Waals surface area contributed by atoms with Crippen LogP contribution in [0.4, 0.5) is 0 Å². The summed E-state index contributed by atoms with van der Waals surface area (Å²) >= 11 is 0. The van der Waals surface area contributed by atoms with E-state index >= 15 is 0 Å². The molecule has 2 nitrogen and oxygen atoms in total. The van der Waals surface area contributed by atoms with E-state index in [4.69, 9.17) is 4.74 Å². The topological polar surface area (TPSA) is 12.5 Å². The average Bonchev–Trinajstić information content (AvgIpc) is 2.27. The van der Waals surface area contributed by atoms with Gasteiger partial charge in [-0.25, -0.2) is 0 Å². The van der Waals surface area contributed by atoms with Gasteiger partial charge in [0.1, 0.15) is 5.60 Å². The molecule has 1 atom stereocenters. The molecule has 70 valence electrons. The van der Waals surface area contributed by atoms with Gasteiger partial charge in [0.2, 0.25) is 0 Å². The number of rotatable bonds is 2. The van der Waals surface area contributed by atoms with E-state index < -0.39 is 0 Å². The van der Waals surface area contributed by atoms with Gasteiger partial charge in [0.05, 0.1) is 12.3 Å². The van der Waals surface area contributed by atoms with Crippen molar-refractivity contribution >= 4 is 0 Å². The monoisotopic (exact) mass is 169 g/mol. The fourth-order valence-corrected chi connectivity index (χ4v) is 1.54. The van der Waals surface area contributed by atoms with E-state index in [0.29, 0.717) is 12.1 Å². The first-order valence-corrected chi connectivity index (χ1v) is 4.51. The van der Waals surface area contributed by atoms with Crippen LogP contribution >= 0.6 is 0 Å². The molecule has 0 aromatic carbocycles. The Hall–Kier alpha value is -0.500. The van der Waals surface area contributed by atoms with E-state index in [-0.39, 0.29) is 5.60 Å². The average molecular weight is 169 g/mol. The predicted molar refractivity (Wildman–Crippen MR) is 51.0 cm³/mol. The van der Waals surface area contributed by atoms with Crippen LogP contribution in [-0.2, 0) is 4.74 Å². The summed E-state index contributed by atoms with van der Waals surface area (Å²) in [5.74, 6) is 0. The fourth-order valence-electron chi connectivity index (χ4n) is 1.54. The summed E-state index contributed by atoms with van der Waals surface area (Å²) in [5, 5.41) is 0. The second kappa shape index (κ2) is 3.09. The van der Waals surface area contributed by atoms with E-state index in [9.17, 15) is 0 Å². The molecule has 1 aliphatic heterocycles. The van der Waals surface area contributed by atoms with Gasteiger partial charge < -0.3 is 4.74 Å². The molecule has 12 heavy (non-hydrogen) atoms. The highest BCUT2D eigenvalue weighted by Gasteiger charge is 2.36. The lowest BCUT2D eigenvalue weighted by Gasteiger charge is -2.35. The summed E-state index contributed by atoms with van der Waals surface area (Å²) < 4.78 is 5.50. The molecule has 0 N–H and O–H groups in total. The van der Waals surface area contributed by atoms with Crippen LogP contribution in [0.5, 0.6) is 0 Å². The summed E-state index contributed by atoms with van der Waals surface area (Å²) in [4.78, 5) is 2.32. The number of nitrogens with zero attached hydrogens (tertiary/aromatic N) is 1. The SMILES string of the molecule is CC(C)N(C)C1C=COC1(C)C. The molecule has 0 aromatic rings. The molecule has 2 heteroatoms. The molecule has 1 aliphatic rings. The Morgan fingerprint density at radius 1 is 1.42 bits per heavy atom. The van der Waals surface area contributed by atoms with Gasteiger partial charge >= 0.3 is 0 Å². The third kappa shape index (κ3) is 1.63. The van der Waals surface area contributed by atoms with Crippen molar-refractivity contribution in [3.05, 3.63) is 12.3 Å². The Morgan fingerprint density at radius 2 is 2.00 bits per heavy atom. The van der Waals surface area contributed by atoms with Gasteiger partial charge in [-0.05, 0) is 40.8 Å². The maximum absolute atomic E-state index is 5.50. The van der Waals surface area contributed by atoms with E-state index in [1.807, 2.05) is 6.26 Å². The predicted octanol–water partition coefficient (Wildman–Crippen LogP) is 2.02. The van der Waals surface area contributed by atoms with Crippen molar-refractivity contribution in [2.24, 2.45) is 0 Å². The van der Waals surface area contributed by atoms with E-state index in [0.717, 1.165) is 0 Å². The Morgan fingerprint density at radius 3 is 2.33 bits per heavy atom. The fraction of sp³-hybridized carbons (Fsp3) is 0.800. The van der Waals surface area contributed by atoms with Crippen LogP contribution in [0.2, 0.25) is 0 Å². The summed E-state index contributed by atoms with van der Waals surface area (Å²) in [6.07, 6.45) is 3.93. The highest BCUT2D eigenvalue weighted by atomic mass is 16.5. The molecule has 1 heterocycles. The molecule has 1 rings (SSSR count). The van der Waals surface area contributed by atoms with Gasteiger partial charge in [0, 0.05) is 6.04 Å². The molecule has 0 bridgehead atoms. The lowest BCUT2D eigenvalue weighted by molar-refractivity contribution is 0.0126. The maximum atomic E-state index is 5.50. The smallest absolute Gasteiger partial charge is 0.122 e. The van der Waals surface area contributed by atoms with Gasteiger partial charge in [-0.15, -0.1) is 0 Å². The van der Waals surface area contributed by atoms with E-state index in [2.05, 4.69) is 45.7 Å². The largest absolute Gasteiger partial charge is 0.494 e. The number of hydrogen-bond donors (Lipinski definition) is 0.